The van der Waals surface area contributed by atoms with Gasteiger partial charge >= 0.3 is 18.5 Å². The van der Waals surface area contributed by atoms with Gasteiger partial charge in [-0.15, -0.1) is 5.10 Å². The van der Waals surface area contributed by atoms with Gasteiger partial charge in [0, 0.05) is 32.6 Å². The number of amides is 1. The van der Waals surface area contributed by atoms with Crippen molar-refractivity contribution in [2.75, 3.05) is 11.4 Å². The number of nitrogens with zero attached hydrogens (tertiary/aromatic N) is 6. The first kappa shape index (κ1) is 33.0. The number of aromatic nitrogens is 4. The third-order valence-corrected chi connectivity index (χ3v) is 7.21. The Kier molecular flexibility index (Phi) is 9.19. The van der Waals surface area contributed by atoms with Gasteiger partial charge in [-0.1, -0.05) is 18.1 Å². The standard InChI is InChI=1S/C27H28F9N7O/c1-4-22(43-8-7-23(43)37-15(2)44)21-6-5-18(25(28,29)30)11-17(21)14-42(24-38-40-41(3)39-24)13-16-9-19(26(31,32)33)12-20(10-16)27(34,35)36/h5-6,9-12,22-23H,4,7-8,13-14H2,1-3H3,(H,37,44)/t22-,23-/m1/s1. The summed E-state index contributed by atoms with van der Waals surface area (Å²) in [5, 5.41) is 14.3. The van der Waals surface area contributed by atoms with E-state index in [1.165, 1.54) is 20.0 Å². The lowest BCUT2D eigenvalue weighted by Gasteiger charge is -2.46. The molecular formula is C27H28F9N7O. The van der Waals surface area contributed by atoms with E-state index >= 15 is 0 Å². The average molecular weight is 638 g/mol. The first-order chi connectivity index (χ1) is 20.4. The van der Waals surface area contributed by atoms with Crippen molar-refractivity contribution in [1.29, 1.82) is 0 Å². The number of tetrazole rings is 1. The van der Waals surface area contributed by atoms with Crippen molar-refractivity contribution in [3.05, 3.63) is 69.8 Å². The van der Waals surface area contributed by atoms with Crippen LogP contribution >= 0.6 is 0 Å². The molecule has 8 nitrogen and oxygen atoms in total. The maximum Gasteiger partial charge on any atom is 0.416 e. The van der Waals surface area contributed by atoms with Gasteiger partial charge < -0.3 is 10.2 Å². The number of carbonyl (C=O) groups is 1. The van der Waals surface area contributed by atoms with Gasteiger partial charge in [-0.3, -0.25) is 9.69 Å². The molecule has 1 aromatic heterocycles. The first-order valence-corrected chi connectivity index (χ1v) is 13.4. The number of aryl methyl sites for hydroxylation is 1. The van der Waals surface area contributed by atoms with Crippen molar-refractivity contribution >= 4 is 11.9 Å². The van der Waals surface area contributed by atoms with Crippen LogP contribution in [0, 0.1) is 0 Å². The molecule has 1 aliphatic heterocycles. The molecule has 0 bridgehead atoms. The fraction of sp³-hybridized carbons (Fsp3) is 0.481. The van der Waals surface area contributed by atoms with E-state index in [9.17, 15) is 44.3 Å². The van der Waals surface area contributed by atoms with Crippen LogP contribution in [0.5, 0.6) is 0 Å². The number of alkyl halides is 9. The number of carbonyl (C=O) groups excluding carboxylic acids is 1. The molecule has 0 aliphatic carbocycles. The van der Waals surface area contributed by atoms with Crippen LogP contribution in [0.15, 0.2) is 36.4 Å². The molecule has 0 saturated carbocycles. The highest BCUT2D eigenvalue weighted by atomic mass is 19.4. The van der Waals surface area contributed by atoms with Crippen molar-refractivity contribution in [3.63, 3.8) is 0 Å². The summed E-state index contributed by atoms with van der Waals surface area (Å²) in [5.41, 5.74) is -3.98. The Labute approximate surface area is 245 Å². The Morgan fingerprint density at radius 1 is 0.955 bits per heavy atom. The van der Waals surface area contributed by atoms with Crippen LogP contribution in [0.25, 0.3) is 0 Å². The van der Waals surface area contributed by atoms with Crippen LogP contribution in [0.1, 0.15) is 66.1 Å². The normalized spacial score (nSPS) is 16.9. The average Bonchev–Trinajstić information content (AvgIpc) is 3.33. The largest absolute Gasteiger partial charge is 0.416 e. The predicted octanol–water partition coefficient (Wildman–Crippen LogP) is 6.09. The molecule has 240 valence electrons. The van der Waals surface area contributed by atoms with Gasteiger partial charge in [-0.25, -0.2) is 0 Å². The van der Waals surface area contributed by atoms with Crippen LogP contribution in [0.3, 0.4) is 0 Å². The van der Waals surface area contributed by atoms with Crippen molar-refractivity contribution < 1.29 is 44.3 Å². The van der Waals surface area contributed by atoms with Crippen LogP contribution in [0.2, 0.25) is 0 Å². The molecular weight excluding hydrogens is 609 g/mol. The monoisotopic (exact) mass is 637 g/mol. The quantitative estimate of drug-likeness (QED) is 0.286. The summed E-state index contributed by atoms with van der Waals surface area (Å²) in [5.74, 6) is -0.517. The number of rotatable bonds is 9. The topological polar surface area (TPSA) is 79.2 Å². The summed E-state index contributed by atoms with van der Waals surface area (Å²) in [6, 6.07) is 3.69. The summed E-state index contributed by atoms with van der Waals surface area (Å²) < 4.78 is 123. The minimum absolute atomic E-state index is 0.0102. The van der Waals surface area contributed by atoms with Gasteiger partial charge in [0.1, 0.15) is 0 Å². The van der Waals surface area contributed by atoms with Crippen molar-refractivity contribution in [2.45, 2.75) is 70.5 Å². The van der Waals surface area contributed by atoms with E-state index in [4.69, 9.17) is 0 Å². The maximum atomic E-state index is 13.8. The van der Waals surface area contributed by atoms with Crippen LogP contribution in [0.4, 0.5) is 45.5 Å². The van der Waals surface area contributed by atoms with Crippen molar-refractivity contribution in [1.82, 2.24) is 30.4 Å². The summed E-state index contributed by atoms with van der Waals surface area (Å²) >= 11 is 0. The molecule has 4 rings (SSSR count). The fourth-order valence-electron chi connectivity index (χ4n) is 5.18. The number of likely N-dealkylation sites (tertiary alicyclic amines) is 1. The van der Waals surface area contributed by atoms with E-state index in [2.05, 4.69) is 20.7 Å². The third-order valence-electron chi connectivity index (χ3n) is 7.21. The van der Waals surface area contributed by atoms with E-state index in [1.807, 2.05) is 4.90 Å². The highest BCUT2D eigenvalue weighted by Crippen LogP contribution is 2.39. The molecule has 2 atom stereocenters. The number of anilines is 1. The number of hydrogen-bond donors (Lipinski definition) is 1. The van der Waals surface area contributed by atoms with Crippen LogP contribution in [-0.4, -0.2) is 43.7 Å². The van der Waals surface area contributed by atoms with Gasteiger partial charge in [-0.05, 0) is 65.1 Å². The molecule has 2 heterocycles. The fourth-order valence-corrected chi connectivity index (χ4v) is 5.18. The lowest BCUT2D eigenvalue weighted by atomic mass is 9.91. The Hall–Kier alpha value is -3.89. The van der Waals surface area contributed by atoms with Gasteiger partial charge in [0.2, 0.25) is 5.91 Å². The smallest absolute Gasteiger partial charge is 0.341 e. The highest BCUT2D eigenvalue weighted by Gasteiger charge is 2.39. The van der Waals surface area contributed by atoms with Crippen molar-refractivity contribution in [3.8, 4) is 0 Å². The lowest BCUT2D eigenvalue weighted by molar-refractivity contribution is -0.143. The Morgan fingerprint density at radius 2 is 1.57 bits per heavy atom. The second-order valence-corrected chi connectivity index (χ2v) is 10.4. The summed E-state index contributed by atoms with van der Waals surface area (Å²) in [6.45, 7) is 2.63. The molecule has 0 spiro atoms. The molecule has 17 heteroatoms. The molecule has 44 heavy (non-hydrogen) atoms. The van der Waals surface area contributed by atoms with Crippen molar-refractivity contribution in [2.24, 2.45) is 7.05 Å². The zero-order valence-electron chi connectivity index (χ0n) is 23.6. The summed E-state index contributed by atoms with van der Waals surface area (Å²) in [4.78, 5) is 15.7. The molecule has 1 amide bonds. The number of benzene rings is 2. The molecule has 3 aromatic rings. The van der Waals surface area contributed by atoms with E-state index in [0.717, 1.165) is 21.8 Å². The van der Waals surface area contributed by atoms with Gasteiger partial charge in [0.25, 0.3) is 5.95 Å². The Bertz CT molecular complexity index is 1450. The highest BCUT2D eigenvalue weighted by molar-refractivity contribution is 5.73. The molecule has 2 aromatic carbocycles. The van der Waals surface area contributed by atoms with E-state index in [0.29, 0.717) is 37.1 Å². The van der Waals surface area contributed by atoms with Gasteiger partial charge in [-0.2, -0.15) is 44.3 Å². The van der Waals surface area contributed by atoms with Gasteiger partial charge in [0.15, 0.2) is 0 Å². The molecule has 1 N–H and O–H groups in total. The minimum atomic E-state index is -5.10. The Morgan fingerprint density at radius 3 is 2.02 bits per heavy atom. The zero-order valence-corrected chi connectivity index (χ0v) is 23.6. The first-order valence-electron chi connectivity index (χ1n) is 13.4. The van der Waals surface area contributed by atoms with E-state index in [-0.39, 0.29) is 29.7 Å². The maximum absolute atomic E-state index is 13.8. The third kappa shape index (κ3) is 7.60. The second-order valence-electron chi connectivity index (χ2n) is 10.4. The SMILES string of the molecule is CC[C@H](c1ccc(C(F)(F)F)cc1CN(Cc1cc(C(F)(F)F)cc(C(F)(F)F)c1)c1nnn(C)n1)N1CC[C@@H]1NC(C)=O. The lowest BCUT2D eigenvalue weighted by Crippen LogP contribution is -2.58. The molecule has 1 saturated heterocycles. The number of hydrogen-bond acceptors (Lipinski definition) is 6. The Balaban J connectivity index is 1.81. The van der Waals surface area contributed by atoms with Gasteiger partial charge in [0.05, 0.1) is 29.9 Å². The second kappa shape index (κ2) is 12.2. The summed E-state index contributed by atoms with van der Waals surface area (Å²) in [7, 11) is 1.37. The van der Waals surface area contributed by atoms with Crippen LogP contribution in [-0.2, 0) is 43.5 Å². The number of nitrogens with one attached hydrogen (secondary N) is 1. The molecule has 1 aliphatic rings. The number of halogens is 9. The zero-order chi connectivity index (χ0) is 32.6. The summed E-state index contributed by atoms with van der Waals surface area (Å²) in [6.07, 6.45) is -14.3. The van der Waals surface area contributed by atoms with Crippen LogP contribution < -0.4 is 10.2 Å². The van der Waals surface area contributed by atoms with E-state index in [1.54, 1.807) is 6.92 Å². The van der Waals surface area contributed by atoms with E-state index < -0.39 is 59.9 Å². The minimum Gasteiger partial charge on any atom is -0.341 e. The predicted molar refractivity (Wildman–Crippen MR) is 139 cm³/mol. The molecule has 0 unspecified atom stereocenters. The molecule has 1 fully saturated rings. The molecule has 0 radical (unpaired) electrons.